The number of thioether (sulfide) groups is 1. The van der Waals surface area contributed by atoms with Gasteiger partial charge in [-0.15, -0.1) is 0 Å². The molecule has 0 bridgehead atoms. The van der Waals surface area contributed by atoms with Crippen LogP contribution >= 0.6 is 11.8 Å². The first-order chi connectivity index (χ1) is 15.3. The molecule has 0 radical (unpaired) electrons. The van der Waals surface area contributed by atoms with Crippen molar-refractivity contribution in [3.8, 4) is 5.75 Å². The van der Waals surface area contributed by atoms with E-state index < -0.39 is 21.3 Å². The molecule has 1 aromatic heterocycles. The van der Waals surface area contributed by atoms with Gasteiger partial charge in [0.15, 0.2) is 5.58 Å². The Morgan fingerprint density at radius 2 is 2.03 bits per heavy atom. The summed E-state index contributed by atoms with van der Waals surface area (Å²) < 4.78 is 38.7. The van der Waals surface area contributed by atoms with Gasteiger partial charge in [0.05, 0.1) is 17.3 Å². The Balaban J connectivity index is 1.50. The van der Waals surface area contributed by atoms with Crippen LogP contribution < -0.4 is 14.8 Å². The fourth-order valence-corrected chi connectivity index (χ4v) is 4.98. The molecule has 1 atom stereocenters. The van der Waals surface area contributed by atoms with Crippen molar-refractivity contribution in [1.82, 2.24) is 15.2 Å². The number of amides is 3. The largest absolute Gasteiger partial charge is 0.497 e. The SMILES string of the molecule is COc1ccc(NS(=O)(=O)c2ccc3oc(SC(C)C(=O)N4CCNC4=O)nc3c2)cc1. The minimum Gasteiger partial charge on any atom is -0.497 e. The third-order valence-electron chi connectivity index (χ3n) is 4.74. The number of carbonyl (C=O) groups excluding carboxylic acids is 2. The molecule has 3 amide bonds. The van der Waals surface area contributed by atoms with E-state index in [0.717, 1.165) is 16.7 Å². The van der Waals surface area contributed by atoms with E-state index in [4.69, 9.17) is 9.15 Å². The van der Waals surface area contributed by atoms with Crippen molar-refractivity contribution in [1.29, 1.82) is 0 Å². The quantitative estimate of drug-likeness (QED) is 0.498. The predicted molar refractivity (Wildman–Crippen MR) is 118 cm³/mol. The Bertz CT molecular complexity index is 1270. The van der Waals surface area contributed by atoms with Crippen LogP contribution in [0.15, 0.2) is 57.0 Å². The number of sulfonamides is 1. The molecule has 0 aliphatic carbocycles. The third kappa shape index (κ3) is 4.50. The Labute approximate surface area is 188 Å². The van der Waals surface area contributed by atoms with E-state index in [1.807, 2.05) is 0 Å². The number of rotatable bonds is 7. The molecule has 0 spiro atoms. The van der Waals surface area contributed by atoms with E-state index in [9.17, 15) is 18.0 Å². The van der Waals surface area contributed by atoms with Crippen LogP contribution in [0.3, 0.4) is 0 Å². The van der Waals surface area contributed by atoms with Crippen LogP contribution in [-0.4, -0.2) is 55.7 Å². The van der Waals surface area contributed by atoms with Gasteiger partial charge in [-0.05, 0) is 49.4 Å². The van der Waals surface area contributed by atoms with Gasteiger partial charge in [-0.2, -0.15) is 0 Å². The zero-order valence-electron chi connectivity index (χ0n) is 17.2. The minimum atomic E-state index is -3.85. The molecule has 1 fully saturated rings. The van der Waals surface area contributed by atoms with Gasteiger partial charge in [0, 0.05) is 18.8 Å². The van der Waals surface area contributed by atoms with Crippen LogP contribution in [0.4, 0.5) is 10.5 Å². The second-order valence-electron chi connectivity index (χ2n) is 6.93. The second-order valence-corrected chi connectivity index (χ2v) is 9.90. The third-order valence-corrected chi connectivity index (χ3v) is 7.05. The van der Waals surface area contributed by atoms with Crippen LogP contribution in [0.25, 0.3) is 11.1 Å². The van der Waals surface area contributed by atoms with Crippen molar-refractivity contribution in [3.63, 3.8) is 0 Å². The lowest BCUT2D eigenvalue weighted by atomic mass is 10.3. The number of anilines is 1. The Kier molecular flexibility index (Phi) is 5.98. The number of nitrogens with one attached hydrogen (secondary N) is 2. The summed E-state index contributed by atoms with van der Waals surface area (Å²) >= 11 is 1.06. The van der Waals surface area contributed by atoms with Crippen LogP contribution in [0.1, 0.15) is 6.92 Å². The van der Waals surface area contributed by atoms with E-state index in [-0.39, 0.29) is 16.0 Å². The average molecular weight is 477 g/mol. The first-order valence-corrected chi connectivity index (χ1v) is 12.0. The van der Waals surface area contributed by atoms with Gasteiger partial charge in [0.1, 0.15) is 11.3 Å². The van der Waals surface area contributed by atoms with E-state index in [0.29, 0.717) is 35.6 Å². The highest BCUT2D eigenvalue weighted by molar-refractivity contribution is 8.00. The molecule has 2 N–H and O–H groups in total. The Morgan fingerprint density at radius 3 is 2.69 bits per heavy atom. The molecule has 10 nitrogen and oxygen atoms in total. The fourth-order valence-electron chi connectivity index (χ4n) is 3.08. The number of urea groups is 1. The highest BCUT2D eigenvalue weighted by Crippen LogP contribution is 2.29. The standard InChI is InChI=1S/C20H20N4O6S2/c1-12(18(25)24-10-9-21-19(24)26)31-20-22-16-11-15(7-8-17(16)30-20)32(27,28)23-13-3-5-14(29-2)6-4-13/h3-8,11-12,23H,9-10H2,1-2H3,(H,21,26). The van der Waals surface area contributed by atoms with Crippen LogP contribution in [-0.2, 0) is 14.8 Å². The highest BCUT2D eigenvalue weighted by Gasteiger charge is 2.31. The van der Waals surface area contributed by atoms with Gasteiger partial charge in [-0.25, -0.2) is 18.2 Å². The summed E-state index contributed by atoms with van der Waals surface area (Å²) in [4.78, 5) is 29.6. The number of imide groups is 1. The summed E-state index contributed by atoms with van der Waals surface area (Å²) in [5.41, 5.74) is 1.11. The number of carbonyl (C=O) groups is 2. The molecule has 168 valence electrons. The summed E-state index contributed by atoms with van der Waals surface area (Å²) in [6.07, 6.45) is 0. The monoisotopic (exact) mass is 476 g/mol. The molecule has 1 aliphatic heterocycles. The molecule has 1 unspecified atom stereocenters. The molecule has 0 saturated carbocycles. The van der Waals surface area contributed by atoms with Crippen molar-refractivity contribution in [3.05, 3.63) is 42.5 Å². The van der Waals surface area contributed by atoms with Crippen LogP contribution in [0.5, 0.6) is 5.75 Å². The van der Waals surface area contributed by atoms with Crippen LogP contribution in [0, 0.1) is 0 Å². The normalized spacial score (nSPS) is 14.9. The van der Waals surface area contributed by atoms with E-state index in [1.165, 1.54) is 25.3 Å². The van der Waals surface area contributed by atoms with Gasteiger partial charge >= 0.3 is 6.03 Å². The van der Waals surface area contributed by atoms with Crippen molar-refractivity contribution in [2.75, 3.05) is 24.9 Å². The maximum Gasteiger partial charge on any atom is 0.324 e. The van der Waals surface area contributed by atoms with Crippen molar-refractivity contribution in [2.45, 2.75) is 22.3 Å². The molecular formula is C20H20N4O6S2. The summed E-state index contributed by atoms with van der Waals surface area (Å²) in [5.74, 6) is 0.263. The molecule has 1 aliphatic rings. The maximum atomic E-state index is 12.8. The van der Waals surface area contributed by atoms with E-state index >= 15 is 0 Å². The molecule has 2 aromatic carbocycles. The van der Waals surface area contributed by atoms with Crippen molar-refractivity contribution in [2.24, 2.45) is 0 Å². The summed E-state index contributed by atoms with van der Waals surface area (Å²) in [7, 11) is -2.33. The topological polar surface area (TPSA) is 131 Å². The molecule has 32 heavy (non-hydrogen) atoms. The average Bonchev–Trinajstić information content (AvgIpc) is 3.38. The number of nitrogens with zero attached hydrogens (tertiary/aromatic N) is 2. The first kappa shape index (κ1) is 22.0. The fraction of sp³-hybridized carbons (Fsp3) is 0.250. The zero-order valence-corrected chi connectivity index (χ0v) is 18.8. The highest BCUT2D eigenvalue weighted by atomic mass is 32.2. The molecule has 4 rings (SSSR count). The predicted octanol–water partition coefficient (Wildman–Crippen LogP) is 2.67. The van der Waals surface area contributed by atoms with E-state index in [1.54, 1.807) is 31.2 Å². The van der Waals surface area contributed by atoms with Gasteiger partial charge in [0.25, 0.3) is 15.2 Å². The first-order valence-electron chi connectivity index (χ1n) is 9.60. The molecule has 12 heteroatoms. The summed E-state index contributed by atoms with van der Waals surface area (Å²) in [6.45, 7) is 2.40. The lowest BCUT2D eigenvalue weighted by Crippen LogP contribution is -2.38. The van der Waals surface area contributed by atoms with Gasteiger partial charge in [0.2, 0.25) is 5.91 Å². The molecule has 3 aromatic rings. The summed E-state index contributed by atoms with van der Waals surface area (Å²) in [6, 6.07) is 10.4. The number of oxazole rings is 1. The summed E-state index contributed by atoms with van der Waals surface area (Å²) in [5, 5.41) is 2.18. The number of hydrogen-bond donors (Lipinski definition) is 2. The minimum absolute atomic E-state index is 0.0172. The number of methoxy groups -OCH3 is 1. The zero-order chi connectivity index (χ0) is 22.9. The Hall–Kier alpha value is -3.25. The van der Waals surface area contributed by atoms with Crippen molar-refractivity contribution < 1.29 is 27.2 Å². The van der Waals surface area contributed by atoms with E-state index in [2.05, 4.69) is 15.0 Å². The molecular weight excluding hydrogens is 456 g/mol. The number of aromatic nitrogens is 1. The second kappa shape index (κ2) is 8.71. The van der Waals surface area contributed by atoms with Gasteiger partial charge in [-0.3, -0.25) is 14.4 Å². The molecule has 1 saturated heterocycles. The lowest BCUT2D eigenvalue weighted by molar-refractivity contribution is -0.126. The number of benzene rings is 2. The number of fused-ring (bicyclic) bond motifs is 1. The lowest BCUT2D eigenvalue weighted by Gasteiger charge is -2.15. The number of hydrogen-bond acceptors (Lipinski definition) is 8. The van der Waals surface area contributed by atoms with Crippen molar-refractivity contribution >= 4 is 50.5 Å². The molecule has 2 heterocycles. The maximum absolute atomic E-state index is 12.8. The Morgan fingerprint density at radius 1 is 1.28 bits per heavy atom. The smallest absolute Gasteiger partial charge is 0.324 e. The van der Waals surface area contributed by atoms with Gasteiger partial charge < -0.3 is 14.5 Å². The number of ether oxygens (including phenoxy) is 1. The van der Waals surface area contributed by atoms with Gasteiger partial charge in [-0.1, -0.05) is 11.8 Å². The van der Waals surface area contributed by atoms with Crippen LogP contribution in [0.2, 0.25) is 0 Å².